The summed E-state index contributed by atoms with van der Waals surface area (Å²) in [6.07, 6.45) is 0. The molecule has 0 amide bonds. The molecule has 2 rings (SSSR count). The Morgan fingerprint density at radius 1 is 0.632 bits per heavy atom. The molecule has 0 unspecified atom stereocenters. The highest BCUT2D eigenvalue weighted by molar-refractivity contribution is 5.13. The van der Waals surface area contributed by atoms with Gasteiger partial charge in [0.2, 0.25) is 0 Å². The fraction of sp³-hybridized carbons (Fsp3) is 0.250. The average molecular weight is 262 g/mol. The molecule has 2 aromatic rings. The first-order chi connectivity index (χ1) is 9.28. The van der Waals surface area contributed by atoms with Gasteiger partial charge in [0.15, 0.2) is 0 Å². The summed E-state index contributed by atoms with van der Waals surface area (Å²) < 4.78 is 0. The summed E-state index contributed by atoms with van der Waals surface area (Å²) in [6.45, 7) is 2.21. The van der Waals surface area contributed by atoms with Crippen molar-refractivity contribution in [1.29, 1.82) is 0 Å². The van der Waals surface area contributed by atoms with Crippen LogP contribution in [0.1, 0.15) is 18.1 Å². The predicted molar refractivity (Wildman–Crippen MR) is 77.5 cm³/mol. The van der Waals surface area contributed by atoms with Crippen LogP contribution in [-0.4, -0.2) is 21.9 Å². The Kier molecular flexibility index (Phi) is 11.6. The Bertz CT molecular complexity index is 348. The van der Waals surface area contributed by atoms with Crippen molar-refractivity contribution in [3.05, 3.63) is 71.8 Å². The second-order valence-corrected chi connectivity index (χ2v) is 3.60. The van der Waals surface area contributed by atoms with Crippen LogP contribution in [0.5, 0.6) is 0 Å². The summed E-state index contributed by atoms with van der Waals surface area (Å²) in [5.41, 5.74) is 1.93. The number of aliphatic hydroxyl groups is 3. The van der Waals surface area contributed by atoms with E-state index in [0.29, 0.717) is 0 Å². The molecule has 3 heteroatoms. The van der Waals surface area contributed by atoms with Crippen LogP contribution in [0.2, 0.25) is 0 Å². The monoisotopic (exact) mass is 262 g/mol. The van der Waals surface area contributed by atoms with Crippen LogP contribution in [0.3, 0.4) is 0 Å². The lowest BCUT2D eigenvalue weighted by molar-refractivity contribution is 0.281. The Morgan fingerprint density at radius 3 is 1.05 bits per heavy atom. The van der Waals surface area contributed by atoms with Crippen LogP contribution in [-0.2, 0) is 13.2 Å². The smallest absolute Gasteiger partial charge is 0.0681 e. The Balaban J connectivity index is 0.000000284. The molecule has 0 saturated carbocycles. The van der Waals surface area contributed by atoms with E-state index in [1.165, 1.54) is 0 Å². The van der Waals surface area contributed by atoms with Gasteiger partial charge in [-0.1, -0.05) is 60.7 Å². The number of benzene rings is 2. The topological polar surface area (TPSA) is 60.7 Å². The third kappa shape index (κ3) is 9.97. The van der Waals surface area contributed by atoms with E-state index in [9.17, 15) is 0 Å². The van der Waals surface area contributed by atoms with Gasteiger partial charge >= 0.3 is 0 Å². The van der Waals surface area contributed by atoms with Crippen molar-refractivity contribution >= 4 is 0 Å². The fourth-order valence-electron chi connectivity index (χ4n) is 1.17. The summed E-state index contributed by atoms with van der Waals surface area (Å²) in [6, 6.07) is 19.0. The summed E-state index contributed by atoms with van der Waals surface area (Å²) in [5.74, 6) is 0. The molecule has 2 aromatic carbocycles. The van der Waals surface area contributed by atoms with Crippen molar-refractivity contribution in [2.75, 3.05) is 6.61 Å². The highest BCUT2D eigenvalue weighted by atomic mass is 16.3. The van der Waals surface area contributed by atoms with Crippen LogP contribution < -0.4 is 0 Å². The SMILES string of the molecule is CCO.OCc1ccccc1.OCc1ccccc1. The van der Waals surface area contributed by atoms with Crippen LogP contribution >= 0.6 is 0 Å². The quantitative estimate of drug-likeness (QED) is 0.778. The van der Waals surface area contributed by atoms with E-state index < -0.39 is 0 Å². The lowest BCUT2D eigenvalue weighted by atomic mass is 10.2. The summed E-state index contributed by atoms with van der Waals surface area (Å²) in [5, 5.41) is 24.6. The Morgan fingerprint density at radius 2 is 0.895 bits per heavy atom. The molecular formula is C16H22O3. The number of hydrogen-bond acceptors (Lipinski definition) is 3. The van der Waals surface area contributed by atoms with Crippen LogP contribution in [0, 0.1) is 0 Å². The van der Waals surface area contributed by atoms with Gasteiger partial charge in [0, 0.05) is 6.61 Å². The highest BCUT2D eigenvalue weighted by Crippen LogP contribution is 1.96. The van der Waals surface area contributed by atoms with E-state index in [1.807, 2.05) is 60.7 Å². The first-order valence-electron chi connectivity index (χ1n) is 6.18. The van der Waals surface area contributed by atoms with E-state index in [-0.39, 0.29) is 19.8 Å². The molecule has 0 heterocycles. The largest absolute Gasteiger partial charge is 0.397 e. The van der Waals surface area contributed by atoms with Crippen molar-refractivity contribution in [3.8, 4) is 0 Å². The first-order valence-corrected chi connectivity index (χ1v) is 6.18. The van der Waals surface area contributed by atoms with Gasteiger partial charge in [0.25, 0.3) is 0 Å². The molecule has 104 valence electrons. The molecule has 0 spiro atoms. The minimum Gasteiger partial charge on any atom is -0.397 e. The fourth-order valence-corrected chi connectivity index (χ4v) is 1.17. The van der Waals surface area contributed by atoms with Crippen molar-refractivity contribution in [3.63, 3.8) is 0 Å². The molecule has 19 heavy (non-hydrogen) atoms. The molecule has 0 aliphatic rings. The van der Waals surface area contributed by atoms with E-state index in [4.69, 9.17) is 15.3 Å². The molecule has 0 fully saturated rings. The van der Waals surface area contributed by atoms with Crippen molar-refractivity contribution < 1.29 is 15.3 Å². The third-order valence-corrected chi connectivity index (χ3v) is 2.05. The molecule has 3 N–H and O–H groups in total. The number of hydrogen-bond donors (Lipinski definition) is 3. The number of aliphatic hydroxyl groups excluding tert-OH is 3. The molecular weight excluding hydrogens is 240 g/mol. The molecule has 0 atom stereocenters. The molecule has 0 aliphatic carbocycles. The third-order valence-electron chi connectivity index (χ3n) is 2.05. The second-order valence-electron chi connectivity index (χ2n) is 3.60. The molecule has 0 aliphatic heterocycles. The van der Waals surface area contributed by atoms with Gasteiger partial charge in [0.05, 0.1) is 13.2 Å². The minimum absolute atomic E-state index is 0.140. The van der Waals surface area contributed by atoms with E-state index in [0.717, 1.165) is 11.1 Å². The van der Waals surface area contributed by atoms with E-state index in [2.05, 4.69) is 0 Å². The lowest BCUT2D eigenvalue weighted by Crippen LogP contribution is -1.77. The summed E-state index contributed by atoms with van der Waals surface area (Å²) >= 11 is 0. The molecule has 0 saturated heterocycles. The maximum atomic E-state index is 8.54. The molecule has 0 aromatic heterocycles. The van der Waals surface area contributed by atoms with Gasteiger partial charge in [-0.05, 0) is 18.1 Å². The Hall–Kier alpha value is -1.68. The Labute approximate surface area is 114 Å². The standard InChI is InChI=1S/2C7H8O.C2H6O/c2*8-6-7-4-2-1-3-5-7;1-2-3/h2*1-5,8H,6H2;3H,2H2,1H3. The van der Waals surface area contributed by atoms with Crippen molar-refractivity contribution in [2.24, 2.45) is 0 Å². The summed E-state index contributed by atoms with van der Waals surface area (Å²) in [4.78, 5) is 0. The zero-order chi connectivity index (χ0) is 14.3. The highest BCUT2D eigenvalue weighted by Gasteiger charge is 1.81. The maximum Gasteiger partial charge on any atom is 0.0681 e. The zero-order valence-electron chi connectivity index (χ0n) is 11.2. The normalized spacial score (nSPS) is 8.63. The average Bonchev–Trinajstić information content (AvgIpc) is 2.50. The molecule has 0 bridgehead atoms. The summed E-state index contributed by atoms with van der Waals surface area (Å²) in [7, 11) is 0. The van der Waals surface area contributed by atoms with Gasteiger partial charge in [-0.3, -0.25) is 0 Å². The number of rotatable bonds is 2. The molecule has 0 radical (unpaired) electrons. The van der Waals surface area contributed by atoms with Crippen molar-refractivity contribution in [1.82, 2.24) is 0 Å². The van der Waals surface area contributed by atoms with Crippen molar-refractivity contribution in [2.45, 2.75) is 20.1 Å². The second kappa shape index (κ2) is 12.8. The first kappa shape index (κ1) is 17.3. The minimum atomic E-state index is 0.140. The maximum absolute atomic E-state index is 8.54. The van der Waals surface area contributed by atoms with Crippen LogP contribution in [0.15, 0.2) is 60.7 Å². The van der Waals surface area contributed by atoms with Gasteiger partial charge in [-0.2, -0.15) is 0 Å². The predicted octanol–water partition coefficient (Wildman–Crippen LogP) is 2.36. The van der Waals surface area contributed by atoms with Gasteiger partial charge in [-0.15, -0.1) is 0 Å². The van der Waals surface area contributed by atoms with Gasteiger partial charge in [-0.25, -0.2) is 0 Å². The molecule has 3 nitrogen and oxygen atoms in total. The van der Waals surface area contributed by atoms with Gasteiger partial charge < -0.3 is 15.3 Å². The van der Waals surface area contributed by atoms with E-state index in [1.54, 1.807) is 6.92 Å². The van der Waals surface area contributed by atoms with Crippen LogP contribution in [0.4, 0.5) is 0 Å². The van der Waals surface area contributed by atoms with Crippen LogP contribution in [0.25, 0.3) is 0 Å². The van der Waals surface area contributed by atoms with E-state index >= 15 is 0 Å². The zero-order valence-corrected chi connectivity index (χ0v) is 11.2. The lowest BCUT2D eigenvalue weighted by Gasteiger charge is -1.89. The van der Waals surface area contributed by atoms with Gasteiger partial charge in [0.1, 0.15) is 0 Å².